The molecule has 0 aromatic heterocycles. The van der Waals surface area contributed by atoms with Crippen molar-refractivity contribution in [2.75, 3.05) is 0 Å². The second kappa shape index (κ2) is 3.05. The number of nitriles is 1. The molecule has 0 atom stereocenters. The van der Waals surface area contributed by atoms with Gasteiger partial charge in [-0.25, -0.2) is 0 Å². The van der Waals surface area contributed by atoms with Crippen molar-refractivity contribution in [2.24, 2.45) is 5.73 Å². The maximum atomic E-state index is 9.96. The van der Waals surface area contributed by atoms with Gasteiger partial charge in [0.25, 0.3) is 5.91 Å². The highest BCUT2D eigenvalue weighted by Crippen LogP contribution is 1.96. The van der Waals surface area contributed by atoms with Gasteiger partial charge >= 0.3 is 0 Å². The van der Waals surface area contributed by atoms with Crippen LogP contribution in [0.2, 0.25) is 0 Å². The van der Waals surface area contributed by atoms with E-state index in [2.05, 4.69) is 5.73 Å². The molecule has 0 radical (unpaired) electrons. The average Bonchev–Trinajstić information content (AvgIpc) is 1.67. The molecule has 42 valence electrons. The fourth-order valence-corrected chi connectivity index (χ4v) is 0.177. The number of rotatable bonds is 1. The summed E-state index contributed by atoms with van der Waals surface area (Å²) in [6, 6.07) is 1.55. The van der Waals surface area contributed by atoms with Crippen molar-refractivity contribution in [3.8, 4) is 6.07 Å². The Balaban J connectivity index is 4.06. The summed E-state index contributed by atoms with van der Waals surface area (Å²) in [5, 5.41) is 7.62. The summed E-state index contributed by atoms with van der Waals surface area (Å²) in [7, 11) is 0. The predicted molar refractivity (Wildman–Crippen MR) is 28.7 cm³/mol. The maximum Gasteiger partial charge on any atom is 0.260 e. The highest BCUT2D eigenvalue weighted by molar-refractivity contribution is 6.42. The van der Waals surface area contributed by atoms with Crippen LogP contribution < -0.4 is 5.73 Å². The molecule has 0 aliphatic carbocycles. The van der Waals surface area contributed by atoms with Crippen molar-refractivity contribution in [3.05, 3.63) is 11.1 Å². The molecular weight excluding hydrogens is 128 g/mol. The molecular formula is C4H3ClN2O. The zero-order valence-corrected chi connectivity index (χ0v) is 4.64. The topological polar surface area (TPSA) is 66.9 Å². The summed E-state index contributed by atoms with van der Waals surface area (Å²) in [6.07, 6.45) is 0.879. The van der Waals surface area contributed by atoms with Crippen LogP contribution in [0.4, 0.5) is 0 Å². The molecule has 0 heterocycles. The standard InChI is InChI=1S/C4H3ClN2O/c5-3(1-2-6)4(7)8/h1H,(H2,7,8)/b3-1-. The molecule has 0 unspecified atom stereocenters. The molecule has 0 fully saturated rings. The first-order chi connectivity index (χ1) is 3.68. The predicted octanol–water partition coefficient (Wildman–Crippen LogP) is 0.118. The van der Waals surface area contributed by atoms with Crippen LogP contribution in [0.1, 0.15) is 0 Å². The number of nitrogens with two attached hydrogens (primary N) is 1. The third-order valence-corrected chi connectivity index (χ3v) is 0.722. The average molecular weight is 131 g/mol. The van der Waals surface area contributed by atoms with E-state index in [1.54, 1.807) is 6.07 Å². The Bertz CT molecular complexity index is 167. The number of nitrogens with zero attached hydrogens (tertiary/aromatic N) is 1. The number of halogens is 1. The highest BCUT2D eigenvalue weighted by atomic mass is 35.5. The lowest BCUT2D eigenvalue weighted by molar-refractivity contribution is -0.113. The van der Waals surface area contributed by atoms with Gasteiger partial charge in [0, 0.05) is 6.08 Å². The van der Waals surface area contributed by atoms with Crippen molar-refractivity contribution in [1.82, 2.24) is 0 Å². The summed E-state index contributed by atoms with van der Waals surface area (Å²) in [5.41, 5.74) is 4.63. The molecule has 0 aromatic rings. The van der Waals surface area contributed by atoms with E-state index in [0.29, 0.717) is 0 Å². The van der Waals surface area contributed by atoms with Crippen LogP contribution in [0.15, 0.2) is 11.1 Å². The Morgan fingerprint density at radius 2 is 2.38 bits per heavy atom. The van der Waals surface area contributed by atoms with Gasteiger partial charge in [-0.2, -0.15) is 5.26 Å². The van der Waals surface area contributed by atoms with E-state index in [-0.39, 0.29) is 5.03 Å². The summed E-state index contributed by atoms with van der Waals surface area (Å²) >= 11 is 5.08. The zero-order chi connectivity index (χ0) is 6.57. The first-order valence-corrected chi connectivity index (χ1v) is 2.11. The number of hydrogen-bond acceptors (Lipinski definition) is 2. The normalized spacial score (nSPS) is 10.2. The van der Waals surface area contributed by atoms with Crippen molar-refractivity contribution in [1.29, 1.82) is 5.26 Å². The first-order valence-electron chi connectivity index (χ1n) is 1.73. The summed E-state index contributed by atoms with van der Waals surface area (Å²) in [4.78, 5) is 9.96. The number of primary amides is 1. The molecule has 4 heteroatoms. The lowest BCUT2D eigenvalue weighted by atomic mass is 10.5. The van der Waals surface area contributed by atoms with E-state index in [9.17, 15) is 4.79 Å². The van der Waals surface area contributed by atoms with Crippen LogP contribution in [-0.4, -0.2) is 5.91 Å². The molecule has 0 aliphatic rings. The van der Waals surface area contributed by atoms with E-state index in [1.807, 2.05) is 0 Å². The molecule has 8 heavy (non-hydrogen) atoms. The SMILES string of the molecule is N#C/C=C(\Cl)C(N)=O. The van der Waals surface area contributed by atoms with Crippen molar-refractivity contribution < 1.29 is 4.79 Å². The third-order valence-electron chi connectivity index (χ3n) is 0.427. The van der Waals surface area contributed by atoms with Gasteiger partial charge in [0.15, 0.2) is 0 Å². The van der Waals surface area contributed by atoms with Crippen LogP contribution in [0.3, 0.4) is 0 Å². The molecule has 0 rings (SSSR count). The van der Waals surface area contributed by atoms with E-state index in [4.69, 9.17) is 16.9 Å². The van der Waals surface area contributed by atoms with Gasteiger partial charge in [-0.1, -0.05) is 11.6 Å². The molecule has 1 amide bonds. The number of amides is 1. The fourth-order valence-electron chi connectivity index (χ4n) is 0.128. The third kappa shape index (κ3) is 2.21. The van der Waals surface area contributed by atoms with E-state index < -0.39 is 5.91 Å². The fraction of sp³-hybridized carbons (Fsp3) is 0. The maximum absolute atomic E-state index is 9.96. The van der Waals surface area contributed by atoms with E-state index >= 15 is 0 Å². The molecule has 0 bridgehead atoms. The minimum atomic E-state index is -0.784. The van der Waals surface area contributed by atoms with Crippen LogP contribution in [-0.2, 0) is 4.79 Å². The van der Waals surface area contributed by atoms with Crippen molar-refractivity contribution in [3.63, 3.8) is 0 Å². The van der Waals surface area contributed by atoms with Crippen LogP contribution in [0.5, 0.6) is 0 Å². The summed E-state index contributed by atoms with van der Waals surface area (Å²) in [6.45, 7) is 0. The Labute approximate surface area is 51.3 Å². The summed E-state index contributed by atoms with van der Waals surface area (Å²) in [5.74, 6) is -0.784. The molecule has 0 spiro atoms. The van der Waals surface area contributed by atoms with E-state index in [1.165, 1.54) is 0 Å². The largest absolute Gasteiger partial charge is 0.365 e. The lowest BCUT2D eigenvalue weighted by Gasteiger charge is -1.81. The molecule has 0 saturated carbocycles. The van der Waals surface area contributed by atoms with E-state index in [0.717, 1.165) is 6.08 Å². The van der Waals surface area contributed by atoms with Gasteiger partial charge in [-0.15, -0.1) is 0 Å². The van der Waals surface area contributed by atoms with Crippen LogP contribution in [0, 0.1) is 11.3 Å². The molecule has 2 N–H and O–H groups in total. The minimum absolute atomic E-state index is 0.243. The minimum Gasteiger partial charge on any atom is -0.365 e. The van der Waals surface area contributed by atoms with Crippen molar-refractivity contribution >= 4 is 17.5 Å². The van der Waals surface area contributed by atoms with Crippen LogP contribution in [0.25, 0.3) is 0 Å². The van der Waals surface area contributed by atoms with Gasteiger partial charge in [0.05, 0.1) is 6.07 Å². The number of allylic oxidation sites excluding steroid dienone is 1. The Morgan fingerprint density at radius 3 is 2.50 bits per heavy atom. The lowest BCUT2D eigenvalue weighted by Crippen LogP contribution is -2.09. The zero-order valence-electron chi connectivity index (χ0n) is 3.89. The van der Waals surface area contributed by atoms with Gasteiger partial charge in [-0.3, -0.25) is 4.79 Å². The van der Waals surface area contributed by atoms with Gasteiger partial charge in [0.1, 0.15) is 5.03 Å². The summed E-state index contributed by atoms with van der Waals surface area (Å²) < 4.78 is 0. The Hall–Kier alpha value is -1.01. The first kappa shape index (κ1) is 6.99. The number of carbonyl (C=O) groups excluding carboxylic acids is 1. The Kier molecular flexibility index (Phi) is 2.67. The molecule has 0 aliphatic heterocycles. The van der Waals surface area contributed by atoms with Gasteiger partial charge in [-0.05, 0) is 0 Å². The van der Waals surface area contributed by atoms with Crippen LogP contribution >= 0.6 is 11.6 Å². The quantitative estimate of drug-likeness (QED) is 0.405. The number of carbonyl (C=O) groups is 1. The van der Waals surface area contributed by atoms with Gasteiger partial charge in [0.2, 0.25) is 0 Å². The Morgan fingerprint density at radius 1 is 1.88 bits per heavy atom. The monoisotopic (exact) mass is 130 g/mol. The molecule has 3 nitrogen and oxygen atoms in total. The van der Waals surface area contributed by atoms with Gasteiger partial charge < -0.3 is 5.73 Å². The molecule has 0 saturated heterocycles. The second-order valence-corrected chi connectivity index (χ2v) is 1.39. The van der Waals surface area contributed by atoms with Crippen molar-refractivity contribution in [2.45, 2.75) is 0 Å². The number of hydrogen-bond donors (Lipinski definition) is 1. The smallest absolute Gasteiger partial charge is 0.260 e. The second-order valence-electron chi connectivity index (χ2n) is 0.986. The highest BCUT2D eigenvalue weighted by Gasteiger charge is 1.95. The molecule has 0 aromatic carbocycles.